The van der Waals surface area contributed by atoms with E-state index < -0.39 is 5.82 Å². The van der Waals surface area contributed by atoms with Gasteiger partial charge in [0.25, 0.3) is 5.95 Å². The highest BCUT2D eigenvalue weighted by atomic mass is 35.5. The van der Waals surface area contributed by atoms with Crippen molar-refractivity contribution in [1.29, 1.82) is 0 Å². The summed E-state index contributed by atoms with van der Waals surface area (Å²) in [5.74, 6) is -0.0154. The molecule has 0 saturated carbocycles. The molecule has 2 aromatic heterocycles. The summed E-state index contributed by atoms with van der Waals surface area (Å²) in [7, 11) is 0. The standard InChI is InChI=1S/C13H10ClFN6/c1-8-3-4-9(15)10(7-8)17-12-18-11(14)19-13(20-12)21-6-2-5-16-21/h2-7H,1H3,(H,17,18,19,20). The third-order valence-electron chi connectivity index (χ3n) is 2.67. The number of nitrogens with one attached hydrogen (secondary N) is 1. The van der Waals surface area contributed by atoms with Gasteiger partial charge in [-0.15, -0.1) is 0 Å². The lowest BCUT2D eigenvalue weighted by Gasteiger charge is -2.08. The SMILES string of the molecule is Cc1ccc(F)c(Nc2nc(Cl)nc(-n3cccn3)n2)c1. The van der Waals surface area contributed by atoms with Gasteiger partial charge in [0.1, 0.15) is 5.82 Å². The second-order valence-corrected chi connectivity index (χ2v) is 4.63. The van der Waals surface area contributed by atoms with E-state index in [1.807, 2.05) is 6.92 Å². The normalized spacial score (nSPS) is 10.6. The molecule has 106 valence electrons. The van der Waals surface area contributed by atoms with Crippen molar-refractivity contribution in [1.82, 2.24) is 24.7 Å². The Bertz CT molecular complexity index is 774. The van der Waals surface area contributed by atoms with Crippen LogP contribution in [0.2, 0.25) is 5.28 Å². The summed E-state index contributed by atoms with van der Waals surface area (Å²) in [5, 5.41) is 6.80. The van der Waals surface area contributed by atoms with Crippen LogP contribution < -0.4 is 5.32 Å². The van der Waals surface area contributed by atoms with Gasteiger partial charge in [-0.3, -0.25) is 0 Å². The average molecular weight is 305 g/mol. The van der Waals surface area contributed by atoms with E-state index in [2.05, 4.69) is 25.4 Å². The molecule has 3 rings (SSSR count). The van der Waals surface area contributed by atoms with Gasteiger partial charge < -0.3 is 5.32 Å². The zero-order chi connectivity index (χ0) is 14.8. The maximum atomic E-state index is 13.7. The van der Waals surface area contributed by atoms with Gasteiger partial charge >= 0.3 is 0 Å². The summed E-state index contributed by atoms with van der Waals surface area (Å²) in [5.41, 5.74) is 1.18. The molecular weight excluding hydrogens is 295 g/mol. The third-order valence-corrected chi connectivity index (χ3v) is 2.84. The summed E-state index contributed by atoms with van der Waals surface area (Å²) in [4.78, 5) is 12.1. The predicted octanol–water partition coefficient (Wildman–Crippen LogP) is 2.90. The summed E-state index contributed by atoms with van der Waals surface area (Å²) in [6.45, 7) is 1.86. The van der Waals surface area contributed by atoms with Crippen LogP contribution >= 0.6 is 11.6 Å². The maximum absolute atomic E-state index is 13.7. The molecule has 0 saturated heterocycles. The minimum atomic E-state index is -0.405. The van der Waals surface area contributed by atoms with Gasteiger partial charge in [-0.05, 0) is 42.3 Å². The number of hydrogen-bond donors (Lipinski definition) is 1. The fourth-order valence-corrected chi connectivity index (χ4v) is 1.90. The summed E-state index contributed by atoms with van der Waals surface area (Å²) in [6.07, 6.45) is 3.26. The van der Waals surface area contributed by atoms with E-state index >= 15 is 0 Å². The second kappa shape index (κ2) is 5.45. The minimum Gasteiger partial charge on any atom is -0.321 e. The van der Waals surface area contributed by atoms with E-state index in [4.69, 9.17) is 11.6 Å². The molecule has 1 aromatic carbocycles. The molecule has 0 amide bonds. The molecule has 0 bridgehead atoms. The Morgan fingerprint density at radius 3 is 2.86 bits per heavy atom. The van der Waals surface area contributed by atoms with Gasteiger partial charge in [-0.25, -0.2) is 9.07 Å². The lowest BCUT2D eigenvalue weighted by Crippen LogP contribution is -2.07. The van der Waals surface area contributed by atoms with E-state index in [1.165, 1.54) is 10.7 Å². The summed E-state index contributed by atoms with van der Waals surface area (Å²) >= 11 is 5.87. The van der Waals surface area contributed by atoms with E-state index in [-0.39, 0.29) is 22.9 Å². The van der Waals surface area contributed by atoms with Crippen molar-refractivity contribution in [2.45, 2.75) is 6.92 Å². The van der Waals surface area contributed by atoms with Crippen LogP contribution in [0.3, 0.4) is 0 Å². The van der Waals surface area contributed by atoms with Gasteiger partial charge in [0.05, 0.1) is 5.69 Å². The Balaban J connectivity index is 1.97. The molecule has 0 unspecified atom stereocenters. The molecule has 3 aromatic rings. The van der Waals surface area contributed by atoms with Crippen LogP contribution in [0, 0.1) is 12.7 Å². The Kier molecular flexibility index (Phi) is 3.49. The van der Waals surface area contributed by atoms with E-state index in [1.54, 1.807) is 30.6 Å². The predicted molar refractivity (Wildman–Crippen MR) is 76.4 cm³/mol. The van der Waals surface area contributed by atoms with Gasteiger partial charge in [-0.1, -0.05) is 6.07 Å². The number of rotatable bonds is 3. The first kappa shape index (κ1) is 13.4. The zero-order valence-corrected chi connectivity index (χ0v) is 11.7. The number of halogens is 2. The molecule has 1 N–H and O–H groups in total. The first-order valence-electron chi connectivity index (χ1n) is 6.06. The number of aromatic nitrogens is 5. The first-order valence-corrected chi connectivity index (χ1v) is 6.44. The fraction of sp³-hybridized carbons (Fsp3) is 0.0769. The first-order chi connectivity index (χ1) is 10.1. The number of aryl methyl sites for hydroxylation is 1. The average Bonchev–Trinajstić information content (AvgIpc) is 2.96. The van der Waals surface area contributed by atoms with Crippen molar-refractivity contribution in [3.63, 3.8) is 0 Å². The van der Waals surface area contributed by atoms with Crippen molar-refractivity contribution in [3.05, 3.63) is 53.3 Å². The number of hydrogen-bond acceptors (Lipinski definition) is 5. The molecule has 8 heteroatoms. The molecule has 0 atom stereocenters. The lowest BCUT2D eigenvalue weighted by molar-refractivity contribution is 0.631. The quantitative estimate of drug-likeness (QED) is 0.806. The molecule has 0 aliphatic rings. The van der Waals surface area contributed by atoms with E-state index in [9.17, 15) is 4.39 Å². The molecule has 0 radical (unpaired) electrons. The number of anilines is 2. The summed E-state index contributed by atoms with van der Waals surface area (Å²) in [6, 6.07) is 6.43. The van der Waals surface area contributed by atoms with E-state index in [0.717, 1.165) is 5.56 Å². The van der Waals surface area contributed by atoms with Crippen LogP contribution in [0.25, 0.3) is 5.95 Å². The number of nitrogens with zero attached hydrogens (tertiary/aromatic N) is 5. The van der Waals surface area contributed by atoms with Crippen LogP contribution in [0.4, 0.5) is 16.0 Å². The Labute approximate surface area is 124 Å². The molecular formula is C13H10ClFN6. The lowest BCUT2D eigenvalue weighted by atomic mass is 10.2. The largest absolute Gasteiger partial charge is 0.321 e. The molecule has 21 heavy (non-hydrogen) atoms. The summed E-state index contributed by atoms with van der Waals surface area (Å²) < 4.78 is 15.2. The van der Waals surface area contributed by atoms with Crippen molar-refractivity contribution in [2.24, 2.45) is 0 Å². The molecule has 0 fully saturated rings. The van der Waals surface area contributed by atoms with Crippen molar-refractivity contribution in [3.8, 4) is 5.95 Å². The van der Waals surface area contributed by atoms with Crippen LogP contribution in [0.15, 0.2) is 36.7 Å². The van der Waals surface area contributed by atoms with Crippen molar-refractivity contribution >= 4 is 23.2 Å². The molecule has 6 nitrogen and oxygen atoms in total. The highest BCUT2D eigenvalue weighted by Gasteiger charge is 2.09. The van der Waals surface area contributed by atoms with Crippen molar-refractivity contribution in [2.75, 3.05) is 5.32 Å². The molecule has 0 spiro atoms. The van der Waals surface area contributed by atoms with Crippen LogP contribution in [-0.2, 0) is 0 Å². The van der Waals surface area contributed by atoms with Crippen LogP contribution in [0.5, 0.6) is 0 Å². The topological polar surface area (TPSA) is 68.5 Å². The number of benzene rings is 1. The molecule has 0 aliphatic carbocycles. The highest BCUT2D eigenvalue weighted by molar-refractivity contribution is 6.28. The van der Waals surface area contributed by atoms with Crippen LogP contribution in [-0.4, -0.2) is 24.7 Å². The zero-order valence-electron chi connectivity index (χ0n) is 11.0. The van der Waals surface area contributed by atoms with Gasteiger partial charge in [0.15, 0.2) is 0 Å². The molecule has 2 heterocycles. The third kappa shape index (κ3) is 2.97. The minimum absolute atomic E-state index is 0.00828. The second-order valence-electron chi connectivity index (χ2n) is 4.29. The van der Waals surface area contributed by atoms with Gasteiger partial charge in [0.2, 0.25) is 11.2 Å². The van der Waals surface area contributed by atoms with Crippen molar-refractivity contribution < 1.29 is 4.39 Å². The van der Waals surface area contributed by atoms with Crippen LogP contribution in [0.1, 0.15) is 5.56 Å². The fourth-order valence-electron chi connectivity index (χ4n) is 1.74. The maximum Gasteiger partial charge on any atom is 0.256 e. The monoisotopic (exact) mass is 304 g/mol. The van der Waals surface area contributed by atoms with Gasteiger partial charge in [0, 0.05) is 12.4 Å². The highest BCUT2D eigenvalue weighted by Crippen LogP contribution is 2.20. The van der Waals surface area contributed by atoms with E-state index in [0.29, 0.717) is 0 Å². The Morgan fingerprint density at radius 1 is 1.24 bits per heavy atom. The smallest absolute Gasteiger partial charge is 0.256 e. The molecule has 0 aliphatic heterocycles. The van der Waals surface area contributed by atoms with Gasteiger partial charge in [-0.2, -0.15) is 20.1 Å². The Morgan fingerprint density at radius 2 is 2.10 bits per heavy atom. The Hall–Kier alpha value is -2.54.